The van der Waals surface area contributed by atoms with Crippen molar-refractivity contribution in [1.82, 2.24) is 10.3 Å². The summed E-state index contributed by atoms with van der Waals surface area (Å²) >= 11 is 3.29. The molecule has 0 aliphatic rings. The zero-order valence-corrected chi connectivity index (χ0v) is 12.3. The van der Waals surface area contributed by atoms with E-state index < -0.39 is 0 Å². The van der Waals surface area contributed by atoms with E-state index in [2.05, 4.69) is 31.5 Å². The maximum Gasteiger partial charge on any atom is 0.221 e. The van der Waals surface area contributed by atoms with Crippen molar-refractivity contribution in [3.63, 3.8) is 0 Å². The molecular weight excluding hydrogens is 296 g/mol. The van der Waals surface area contributed by atoms with Crippen molar-refractivity contribution in [1.29, 1.82) is 0 Å². The number of anilines is 2. The second-order valence-electron chi connectivity index (χ2n) is 4.14. The molecule has 0 aliphatic carbocycles. The molecule has 1 heterocycles. The lowest BCUT2D eigenvalue weighted by Crippen LogP contribution is -2.33. The summed E-state index contributed by atoms with van der Waals surface area (Å²) in [5.41, 5.74) is 6.35. The first-order valence-corrected chi connectivity index (χ1v) is 6.76. The Balaban J connectivity index is 2.35. The van der Waals surface area contributed by atoms with Crippen LogP contribution in [-0.4, -0.2) is 23.5 Å². The molecule has 1 aromatic rings. The second-order valence-corrected chi connectivity index (χ2v) is 5.06. The molecular formula is C12H19BrN4O. The summed E-state index contributed by atoms with van der Waals surface area (Å²) in [5, 5.41) is 5.95. The maximum atomic E-state index is 11.5. The standard InChI is InChI=1S/C12H19BrN4O/c1-3-8(2)17-11(18)4-5-15-12-10(14)6-9(13)7-16-12/h6-8H,3-5,14H2,1-2H3,(H,15,16)(H,17,18). The van der Waals surface area contributed by atoms with Gasteiger partial charge in [-0.3, -0.25) is 4.79 Å². The highest BCUT2D eigenvalue weighted by Gasteiger charge is 2.06. The molecule has 1 aromatic heterocycles. The lowest BCUT2D eigenvalue weighted by atomic mass is 10.2. The summed E-state index contributed by atoms with van der Waals surface area (Å²) in [6, 6.07) is 1.99. The van der Waals surface area contributed by atoms with Crippen LogP contribution >= 0.6 is 15.9 Å². The van der Waals surface area contributed by atoms with Crippen molar-refractivity contribution >= 4 is 33.3 Å². The van der Waals surface area contributed by atoms with Crippen LogP contribution in [0.5, 0.6) is 0 Å². The highest BCUT2D eigenvalue weighted by atomic mass is 79.9. The van der Waals surface area contributed by atoms with Gasteiger partial charge in [0.25, 0.3) is 0 Å². The molecule has 0 bridgehead atoms. The van der Waals surface area contributed by atoms with E-state index >= 15 is 0 Å². The molecule has 1 rings (SSSR count). The van der Waals surface area contributed by atoms with Gasteiger partial charge in [0.2, 0.25) is 5.91 Å². The van der Waals surface area contributed by atoms with Gasteiger partial charge < -0.3 is 16.4 Å². The minimum Gasteiger partial charge on any atom is -0.396 e. The molecule has 1 atom stereocenters. The molecule has 4 N–H and O–H groups in total. The van der Waals surface area contributed by atoms with E-state index in [0.717, 1.165) is 10.9 Å². The van der Waals surface area contributed by atoms with Gasteiger partial charge in [0.05, 0.1) is 5.69 Å². The monoisotopic (exact) mass is 314 g/mol. The number of nitrogen functional groups attached to an aromatic ring is 1. The van der Waals surface area contributed by atoms with Gasteiger partial charge in [-0.1, -0.05) is 6.92 Å². The van der Waals surface area contributed by atoms with E-state index in [4.69, 9.17) is 5.73 Å². The first-order valence-electron chi connectivity index (χ1n) is 5.97. The van der Waals surface area contributed by atoms with Gasteiger partial charge in [0, 0.05) is 29.7 Å². The average molecular weight is 315 g/mol. The topological polar surface area (TPSA) is 80.0 Å². The van der Waals surface area contributed by atoms with E-state index in [0.29, 0.717) is 24.5 Å². The lowest BCUT2D eigenvalue weighted by Gasteiger charge is -2.12. The molecule has 0 saturated heterocycles. The van der Waals surface area contributed by atoms with Gasteiger partial charge in [-0.25, -0.2) is 4.98 Å². The fourth-order valence-corrected chi connectivity index (χ4v) is 1.70. The molecule has 5 nitrogen and oxygen atoms in total. The van der Waals surface area contributed by atoms with Crippen LogP contribution in [-0.2, 0) is 4.79 Å². The SMILES string of the molecule is CCC(C)NC(=O)CCNc1ncc(Br)cc1N. The predicted molar refractivity (Wildman–Crippen MR) is 77.4 cm³/mol. The van der Waals surface area contributed by atoms with Crippen molar-refractivity contribution < 1.29 is 4.79 Å². The highest BCUT2D eigenvalue weighted by molar-refractivity contribution is 9.10. The highest BCUT2D eigenvalue weighted by Crippen LogP contribution is 2.19. The lowest BCUT2D eigenvalue weighted by molar-refractivity contribution is -0.121. The van der Waals surface area contributed by atoms with Crippen molar-refractivity contribution in [3.05, 3.63) is 16.7 Å². The van der Waals surface area contributed by atoms with Crippen LogP contribution in [0.15, 0.2) is 16.7 Å². The summed E-state index contributed by atoms with van der Waals surface area (Å²) in [6.45, 7) is 4.54. The van der Waals surface area contributed by atoms with Crippen molar-refractivity contribution in [2.45, 2.75) is 32.7 Å². The molecule has 18 heavy (non-hydrogen) atoms. The Kier molecular flexibility index (Phi) is 5.91. The van der Waals surface area contributed by atoms with Gasteiger partial charge in [-0.15, -0.1) is 0 Å². The summed E-state index contributed by atoms with van der Waals surface area (Å²) in [7, 11) is 0. The number of hydrogen-bond donors (Lipinski definition) is 3. The number of nitrogens with zero attached hydrogens (tertiary/aromatic N) is 1. The minimum absolute atomic E-state index is 0.0348. The third kappa shape index (κ3) is 4.91. The van der Waals surface area contributed by atoms with E-state index in [1.165, 1.54) is 0 Å². The number of pyridine rings is 1. The van der Waals surface area contributed by atoms with Gasteiger partial charge in [-0.2, -0.15) is 0 Å². The molecule has 0 spiro atoms. The smallest absolute Gasteiger partial charge is 0.221 e. The quantitative estimate of drug-likeness (QED) is 0.751. The van der Waals surface area contributed by atoms with Crippen molar-refractivity contribution in [3.8, 4) is 0 Å². The summed E-state index contributed by atoms with van der Waals surface area (Å²) in [5.74, 6) is 0.641. The Morgan fingerprint density at radius 2 is 2.33 bits per heavy atom. The largest absolute Gasteiger partial charge is 0.396 e. The normalized spacial score (nSPS) is 11.9. The number of rotatable bonds is 6. The summed E-state index contributed by atoms with van der Waals surface area (Å²) in [6.07, 6.45) is 3.00. The third-order valence-corrected chi connectivity index (χ3v) is 2.98. The van der Waals surface area contributed by atoms with Gasteiger partial charge in [-0.05, 0) is 35.3 Å². The van der Waals surface area contributed by atoms with Gasteiger partial charge in [0.15, 0.2) is 0 Å². The molecule has 0 saturated carbocycles. The number of aromatic nitrogens is 1. The molecule has 1 unspecified atom stereocenters. The molecule has 100 valence electrons. The van der Waals surface area contributed by atoms with Gasteiger partial charge >= 0.3 is 0 Å². The number of hydrogen-bond acceptors (Lipinski definition) is 4. The Labute approximate surface area is 116 Å². The number of halogens is 1. The Morgan fingerprint density at radius 1 is 1.61 bits per heavy atom. The van der Waals surface area contributed by atoms with E-state index in [1.54, 1.807) is 12.3 Å². The maximum absolute atomic E-state index is 11.5. The molecule has 6 heteroatoms. The average Bonchev–Trinajstić information content (AvgIpc) is 2.31. The van der Waals surface area contributed by atoms with Crippen LogP contribution in [0.25, 0.3) is 0 Å². The molecule has 0 aromatic carbocycles. The van der Waals surface area contributed by atoms with Crippen molar-refractivity contribution in [2.75, 3.05) is 17.6 Å². The third-order valence-electron chi connectivity index (χ3n) is 2.55. The molecule has 1 amide bonds. The number of nitrogens with two attached hydrogens (primary N) is 1. The summed E-state index contributed by atoms with van der Waals surface area (Å²) in [4.78, 5) is 15.7. The van der Waals surface area contributed by atoms with Crippen LogP contribution in [0.1, 0.15) is 26.7 Å². The fourth-order valence-electron chi connectivity index (χ4n) is 1.35. The number of carbonyl (C=O) groups excluding carboxylic acids is 1. The van der Waals surface area contributed by atoms with Gasteiger partial charge in [0.1, 0.15) is 5.82 Å². The second kappa shape index (κ2) is 7.20. The molecule has 0 radical (unpaired) electrons. The van der Waals surface area contributed by atoms with Crippen LogP contribution in [0.2, 0.25) is 0 Å². The number of nitrogens with one attached hydrogen (secondary N) is 2. The van der Waals surface area contributed by atoms with E-state index in [9.17, 15) is 4.79 Å². The zero-order valence-electron chi connectivity index (χ0n) is 10.7. The Hall–Kier alpha value is -1.30. The number of amides is 1. The van der Waals surface area contributed by atoms with Crippen LogP contribution < -0.4 is 16.4 Å². The first kappa shape index (κ1) is 14.8. The van der Waals surface area contributed by atoms with Crippen LogP contribution in [0.4, 0.5) is 11.5 Å². The first-order chi connectivity index (χ1) is 8.52. The Bertz CT molecular complexity index is 411. The van der Waals surface area contributed by atoms with Crippen molar-refractivity contribution in [2.24, 2.45) is 0 Å². The molecule has 0 aliphatic heterocycles. The van der Waals surface area contributed by atoms with E-state index in [1.807, 2.05) is 13.8 Å². The summed E-state index contributed by atoms with van der Waals surface area (Å²) < 4.78 is 0.833. The zero-order chi connectivity index (χ0) is 13.5. The minimum atomic E-state index is 0.0348. The van der Waals surface area contributed by atoms with E-state index in [-0.39, 0.29) is 11.9 Å². The fraction of sp³-hybridized carbons (Fsp3) is 0.500. The Morgan fingerprint density at radius 3 is 2.94 bits per heavy atom. The number of carbonyl (C=O) groups is 1. The predicted octanol–water partition coefficient (Wildman–Crippen LogP) is 2.14. The van der Waals surface area contributed by atoms with Crippen LogP contribution in [0.3, 0.4) is 0 Å². The molecule has 0 fully saturated rings. The van der Waals surface area contributed by atoms with Crippen LogP contribution in [0, 0.1) is 0 Å².